The summed E-state index contributed by atoms with van der Waals surface area (Å²) in [5.74, 6) is 2.22. The number of hydrogen-bond donors (Lipinski definition) is 1. The third kappa shape index (κ3) is 4.26. The number of hydrogen-bond acceptors (Lipinski definition) is 9. The van der Waals surface area contributed by atoms with Crippen molar-refractivity contribution in [1.29, 1.82) is 0 Å². The summed E-state index contributed by atoms with van der Waals surface area (Å²) in [5.41, 5.74) is 3.05. The van der Waals surface area contributed by atoms with E-state index in [9.17, 15) is 5.11 Å². The Hall–Kier alpha value is -3.01. The van der Waals surface area contributed by atoms with E-state index in [1.54, 1.807) is 7.11 Å². The Morgan fingerprint density at radius 2 is 1.71 bits per heavy atom. The minimum atomic E-state index is -0.106. The number of aromatic nitrogens is 3. The lowest BCUT2D eigenvalue weighted by molar-refractivity contribution is 0.0973. The minimum Gasteiger partial charge on any atom is -0.496 e. The standard InChI is InChI=1S/C25H31N5O4/c1-16-14-33-10-8-29(16)24-20-5-6-21(18-4-7-22(32-3)19(12-18)13-31)26-23(20)27-25(28-24)30-9-11-34-15-17(30)2/h4-7,12,16-17,31H,8-11,13-15H2,1-3H3/t16-,17-/m1/s1. The molecule has 2 aliphatic rings. The van der Waals surface area contributed by atoms with Gasteiger partial charge in [0.15, 0.2) is 5.65 Å². The van der Waals surface area contributed by atoms with Crippen LogP contribution in [0.2, 0.25) is 0 Å². The predicted octanol–water partition coefficient (Wildman–Crippen LogP) is 2.64. The van der Waals surface area contributed by atoms with E-state index in [0.717, 1.165) is 41.1 Å². The van der Waals surface area contributed by atoms with Crippen molar-refractivity contribution in [2.75, 3.05) is 56.4 Å². The van der Waals surface area contributed by atoms with Crippen LogP contribution in [0.4, 0.5) is 11.8 Å². The number of ether oxygens (including phenoxy) is 3. The van der Waals surface area contributed by atoms with Crippen molar-refractivity contribution >= 4 is 22.8 Å². The van der Waals surface area contributed by atoms with Crippen molar-refractivity contribution in [1.82, 2.24) is 15.0 Å². The first-order valence-corrected chi connectivity index (χ1v) is 11.7. The molecular formula is C25H31N5O4. The van der Waals surface area contributed by atoms with E-state index in [0.29, 0.717) is 43.8 Å². The molecule has 2 aromatic heterocycles. The smallest absolute Gasteiger partial charge is 0.229 e. The Balaban J connectivity index is 1.64. The summed E-state index contributed by atoms with van der Waals surface area (Å²) in [4.78, 5) is 19.4. The average molecular weight is 466 g/mol. The van der Waals surface area contributed by atoms with Crippen LogP contribution in [0.15, 0.2) is 30.3 Å². The van der Waals surface area contributed by atoms with Crippen LogP contribution in [0.1, 0.15) is 19.4 Å². The van der Waals surface area contributed by atoms with Crippen LogP contribution in [0.25, 0.3) is 22.3 Å². The van der Waals surface area contributed by atoms with Gasteiger partial charge in [-0.05, 0) is 44.2 Å². The van der Waals surface area contributed by atoms with Gasteiger partial charge in [0.2, 0.25) is 5.95 Å². The summed E-state index contributed by atoms with van der Waals surface area (Å²) in [6.45, 7) is 8.31. The van der Waals surface area contributed by atoms with Gasteiger partial charge < -0.3 is 29.1 Å². The molecule has 0 spiro atoms. The number of pyridine rings is 1. The number of fused-ring (bicyclic) bond motifs is 1. The van der Waals surface area contributed by atoms with Gasteiger partial charge in [0.25, 0.3) is 0 Å². The average Bonchev–Trinajstić information content (AvgIpc) is 2.88. The lowest BCUT2D eigenvalue weighted by Crippen LogP contribution is -2.46. The van der Waals surface area contributed by atoms with Crippen molar-refractivity contribution in [2.24, 2.45) is 0 Å². The summed E-state index contributed by atoms with van der Waals surface area (Å²) in [7, 11) is 1.60. The number of rotatable bonds is 5. The molecule has 0 amide bonds. The van der Waals surface area contributed by atoms with E-state index in [4.69, 9.17) is 29.2 Å². The molecule has 0 unspecified atom stereocenters. The Kier molecular flexibility index (Phi) is 6.49. The molecule has 2 fully saturated rings. The number of nitrogens with zero attached hydrogens (tertiary/aromatic N) is 5. The highest BCUT2D eigenvalue weighted by Gasteiger charge is 2.27. The van der Waals surface area contributed by atoms with E-state index in [1.165, 1.54) is 0 Å². The Labute approximate surface area is 199 Å². The monoisotopic (exact) mass is 465 g/mol. The second-order valence-electron chi connectivity index (χ2n) is 8.83. The molecule has 180 valence electrons. The molecule has 0 radical (unpaired) electrons. The summed E-state index contributed by atoms with van der Waals surface area (Å²) in [6.07, 6.45) is 0. The molecule has 9 heteroatoms. The molecule has 4 heterocycles. The van der Waals surface area contributed by atoms with E-state index in [-0.39, 0.29) is 18.7 Å². The van der Waals surface area contributed by atoms with Gasteiger partial charge in [-0.2, -0.15) is 9.97 Å². The van der Waals surface area contributed by atoms with Crippen molar-refractivity contribution in [2.45, 2.75) is 32.5 Å². The highest BCUT2D eigenvalue weighted by atomic mass is 16.5. The zero-order chi connectivity index (χ0) is 23.7. The normalized spacial score (nSPS) is 21.2. The van der Waals surface area contributed by atoms with Crippen LogP contribution in [-0.4, -0.2) is 78.8 Å². The van der Waals surface area contributed by atoms with Gasteiger partial charge in [0.1, 0.15) is 11.6 Å². The van der Waals surface area contributed by atoms with Crippen molar-refractivity contribution < 1.29 is 19.3 Å². The van der Waals surface area contributed by atoms with Gasteiger partial charge in [0.05, 0.1) is 63.3 Å². The number of methoxy groups -OCH3 is 1. The fourth-order valence-corrected chi connectivity index (χ4v) is 4.62. The zero-order valence-electron chi connectivity index (χ0n) is 19.9. The number of morpholine rings is 2. The summed E-state index contributed by atoms with van der Waals surface area (Å²) in [6, 6.07) is 10.1. The van der Waals surface area contributed by atoms with Crippen LogP contribution in [0.3, 0.4) is 0 Å². The molecular weight excluding hydrogens is 434 g/mol. The molecule has 1 aromatic carbocycles. The largest absolute Gasteiger partial charge is 0.496 e. The quantitative estimate of drug-likeness (QED) is 0.610. The topological polar surface area (TPSA) is 93.1 Å². The number of anilines is 2. The molecule has 9 nitrogen and oxygen atoms in total. The maximum atomic E-state index is 9.75. The fraction of sp³-hybridized carbons (Fsp3) is 0.480. The van der Waals surface area contributed by atoms with Gasteiger partial charge in [-0.25, -0.2) is 4.98 Å². The van der Waals surface area contributed by atoms with Crippen LogP contribution in [0.5, 0.6) is 5.75 Å². The first-order valence-electron chi connectivity index (χ1n) is 11.7. The van der Waals surface area contributed by atoms with E-state index in [2.05, 4.69) is 23.6 Å². The summed E-state index contributed by atoms with van der Waals surface area (Å²) >= 11 is 0. The first kappa shape index (κ1) is 22.8. The van der Waals surface area contributed by atoms with Gasteiger partial charge >= 0.3 is 0 Å². The van der Waals surface area contributed by atoms with Crippen LogP contribution in [-0.2, 0) is 16.1 Å². The first-order chi connectivity index (χ1) is 16.6. The molecule has 2 atom stereocenters. The van der Waals surface area contributed by atoms with Gasteiger partial charge in [-0.1, -0.05) is 0 Å². The molecule has 0 bridgehead atoms. The highest BCUT2D eigenvalue weighted by molar-refractivity contribution is 5.90. The Morgan fingerprint density at radius 3 is 2.38 bits per heavy atom. The second-order valence-corrected chi connectivity index (χ2v) is 8.83. The Morgan fingerprint density at radius 1 is 0.971 bits per heavy atom. The third-order valence-corrected chi connectivity index (χ3v) is 6.54. The van der Waals surface area contributed by atoms with E-state index in [1.807, 2.05) is 30.3 Å². The van der Waals surface area contributed by atoms with Crippen LogP contribution >= 0.6 is 0 Å². The minimum absolute atomic E-state index is 0.106. The third-order valence-electron chi connectivity index (χ3n) is 6.54. The summed E-state index contributed by atoms with van der Waals surface area (Å²) in [5, 5.41) is 10.7. The molecule has 5 rings (SSSR count). The molecule has 1 N–H and O–H groups in total. The number of aliphatic hydroxyl groups excluding tert-OH is 1. The van der Waals surface area contributed by atoms with Crippen molar-refractivity contribution in [3.05, 3.63) is 35.9 Å². The van der Waals surface area contributed by atoms with E-state index >= 15 is 0 Å². The number of benzene rings is 1. The molecule has 2 aliphatic heterocycles. The van der Waals surface area contributed by atoms with Gasteiger partial charge in [-0.15, -0.1) is 0 Å². The lowest BCUT2D eigenvalue weighted by atomic mass is 10.1. The fourth-order valence-electron chi connectivity index (χ4n) is 4.62. The lowest BCUT2D eigenvalue weighted by Gasteiger charge is -2.37. The Bertz CT molecular complexity index is 1170. The molecule has 3 aromatic rings. The van der Waals surface area contributed by atoms with Crippen LogP contribution < -0.4 is 14.5 Å². The predicted molar refractivity (Wildman–Crippen MR) is 130 cm³/mol. The SMILES string of the molecule is COc1ccc(-c2ccc3c(N4CCOC[C@H]4C)nc(N4CCOC[C@H]4C)nc3n2)cc1CO. The zero-order valence-corrected chi connectivity index (χ0v) is 19.9. The van der Waals surface area contributed by atoms with Gasteiger partial charge in [0, 0.05) is 24.2 Å². The number of aliphatic hydroxyl groups is 1. The second kappa shape index (κ2) is 9.69. The van der Waals surface area contributed by atoms with Crippen molar-refractivity contribution in [3.8, 4) is 17.0 Å². The van der Waals surface area contributed by atoms with Gasteiger partial charge in [-0.3, -0.25) is 0 Å². The highest BCUT2D eigenvalue weighted by Crippen LogP contribution is 2.32. The molecule has 34 heavy (non-hydrogen) atoms. The molecule has 0 aliphatic carbocycles. The maximum Gasteiger partial charge on any atom is 0.229 e. The van der Waals surface area contributed by atoms with Crippen molar-refractivity contribution in [3.63, 3.8) is 0 Å². The maximum absolute atomic E-state index is 9.75. The summed E-state index contributed by atoms with van der Waals surface area (Å²) < 4.78 is 16.7. The molecule has 2 saturated heterocycles. The van der Waals surface area contributed by atoms with Crippen LogP contribution in [0, 0.1) is 0 Å². The molecule has 0 saturated carbocycles. The van der Waals surface area contributed by atoms with E-state index < -0.39 is 0 Å².